The molecule has 3 amide bonds. The molecule has 0 saturated carbocycles. The first-order valence-corrected chi connectivity index (χ1v) is 11.1. The molecule has 1 aliphatic heterocycles. The van der Waals surface area contributed by atoms with Crippen LogP contribution in [-0.4, -0.2) is 68.5 Å². The smallest absolute Gasteiger partial charge is 0.240 e. The summed E-state index contributed by atoms with van der Waals surface area (Å²) in [7, 11) is 1.59. The lowest BCUT2D eigenvalue weighted by molar-refractivity contribution is -0.137. The summed E-state index contributed by atoms with van der Waals surface area (Å²) in [4.78, 5) is 38.5. The van der Waals surface area contributed by atoms with E-state index in [4.69, 9.17) is 16.3 Å². The Morgan fingerprint density at radius 2 is 1.97 bits per heavy atom. The molecule has 172 valence electrons. The Kier molecular flexibility index (Phi) is 10.1. The lowest BCUT2D eigenvalue weighted by Gasteiger charge is -2.28. The van der Waals surface area contributed by atoms with Crippen LogP contribution in [0.4, 0.5) is 0 Å². The molecule has 8 nitrogen and oxygen atoms in total. The molecule has 31 heavy (non-hydrogen) atoms. The SMILES string of the molecule is CCC(C)C1NCCOc2cc(Cl)ccc2CCCNC(=O)CNC(=O)CN(C)C1=O. The minimum absolute atomic E-state index is 0.0797. The fourth-order valence-corrected chi connectivity index (χ4v) is 3.51. The molecule has 0 spiro atoms. The second kappa shape index (κ2) is 12.5. The third-order valence-electron chi connectivity index (χ3n) is 5.38. The second-order valence-corrected chi connectivity index (χ2v) is 8.28. The van der Waals surface area contributed by atoms with E-state index in [-0.39, 0.29) is 36.7 Å². The number of fused-ring (bicyclic) bond motifs is 1. The van der Waals surface area contributed by atoms with Gasteiger partial charge in [0.1, 0.15) is 12.4 Å². The van der Waals surface area contributed by atoms with E-state index in [0.717, 1.165) is 18.4 Å². The lowest BCUT2D eigenvalue weighted by Crippen LogP contribution is -2.52. The first-order valence-electron chi connectivity index (χ1n) is 10.7. The number of halogens is 1. The van der Waals surface area contributed by atoms with Gasteiger partial charge in [0.2, 0.25) is 17.7 Å². The van der Waals surface area contributed by atoms with Crippen LogP contribution in [0.5, 0.6) is 5.75 Å². The number of aryl methyl sites for hydroxylation is 1. The van der Waals surface area contributed by atoms with Crippen molar-refractivity contribution < 1.29 is 19.1 Å². The number of likely N-dealkylation sites (N-methyl/N-ethyl adjacent to an activating group) is 1. The van der Waals surface area contributed by atoms with Gasteiger partial charge in [-0.3, -0.25) is 14.4 Å². The zero-order valence-corrected chi connectivity index (χ0v) is 19.3. The quantitative estimate of drug-likeness (QED) is 0.629. The van der Waals surface area contributed by atoms with Gasteiger partial charge in [-0.1, -0.05) is 37.9 Å². The third kappa shape index (κ3) is 8.03. The van der Waals surface area contributed by atoms with E-state index >= 15 is 0 Å². The van der Waals surface area contributed by atoms with E-state index in [1.54, 1.807) is 13.1 Å². The van der Waals surface area contributed by atoms with Crippen LogP contribution in [-0.2, 0) is 20.8 Å². The predicted molar refractivity (Wildman–Crippen MR) is 120 cm³/mol. The number of amides is 3. The van der Waals surface area contributed by atoms with Crippen LogP contribution >= 0.6 is 11.6 Å². The number of benzene rings is 1. The standard InChI is InChI=1S/C22H33ClN4O4/c1-4-15(2)21-22(30)27(3)14-20(29)26-13-19(28)24-9-5-6-16-7-8-17(23)12-18(16)31-11-10-25-21/h7-8,12,15,21,25H,4-6,9-11,13-14H2,1-3H3,(H,24,28)(H,26,29). The van der Waals surface area contributed by atoms with Crippen LogP contribution in [0.3, 0.4) is 0 Å². The Hall–Kier alpha value is -2.32. The van der Waals surface area contributed by atoms with Gasteiger partial charge >= 0.3 is 0 Å². The zero-order chi connectivity index (χ0) is 22.8. The maximum absolute atomic E-state index is 12.9. The Bertz CT molecular complexity index is 774. The Morgan fingerprint density at radius 3 is 2.71 bits per heavy atom. The van der Waals surface area contributed by atoms with E-state index in [0.29, 0.717) is 36.9 Å². The highest BCUT2D eigenvalue weighted by atomic mass is 35.5. The number of hydrogen-bond donors (Lipinski definition) is 3. The third-order valence-corrected chi connectivity index (χ3v) is 5.62. The van der Waals surface area contributed by atoms with Crippen molar-refractivity contribution in [3.05, 3.63) is 28.8 Å². The molecular weight excluding hydrogens is 420 g/mol. The van der Waals surface area contributed by atoms with Gasteiger partial charge in [0.25, 0.3) is 0 Å². The normalized spacial score (nSPS) is 21.1. The number of ether oxygens (including phenoxy) is 1. The fraction of sp³-hybridized carbons (Fsp3) is 0.591. The number of nitrogens with zero attached hydrogens (tertiary/aromatic N) is 1. The van der Waals surface area contributed by atoms with Crippen LogP contribution in [0.1, 0.15) is 32.3 Å². The highest BCUT2D eigenvalue weighted by molar-refractivity contribution is 6.30. The van der Waals surface area contributed by atoms with Crippen molar-refractivity contribution in [3.8, 4) is 5.75 Å². The van der Waals surface area contributed by atoms with E-state index in [2.05, 4.69) is 16.0 Å². The van der Waals surface area contributed by atoms with E-state index < -0.39 is 6.04 Å². The van der Waals surface area contributed by atoms with Crippen molar-refractivity contribution in [3.63, 3.8) is 0 Å². The van der Waals surface area contributed by atoms with Crippen molar-refractivity contribution in [2.45, 2.75) is 39.2 Å². The van der Waals surface area contributed by atoms with E-state index in [9.17, 15) is 14.4 Å². The molecule has 1 aromatic rings. The van der Waals surface area contributed by atoms with Crippen molar-refractivity contribution >= 4 is 29.3 Å². The largest absolute Gasteiger partial charge is 0.492 e. The predicted octanol–water partition coefficient (Wildman–Crippen LogP) is 1.36. The van der Waals surface area contributed by atoms with Gasteiger partial charge in [-0.25, -0.2) is 0 Å². The van der Waals surface area contributed by atoms with Crippen LogP contribution in [0.15, 0.2) is 18.2 Å². The maximum atomic E-state index is 12.9. The summed E-state index contributed by atoms with van der Waals surface area (Å²) in [5, 5.41) is 9.22. The molecule has 2 unspecified atom stereocenters. The molecule has 9 heteroatoms. The topological polar surface area (TPSA) is 99.8 Å². The van der Waals surface area contributed by atoms with Crippen molar-refractivity contribution in [1.29, 1.82) is 0 Å². The Labute approximate surface area is 189 Å². The summed E-state index contributed by atoms with van der Waals surface area (Å²) < 4.78 is 5.95. The van der Waals surface area contributed by atoms with Crippen LogP contribution in [0.25, 0.3) is 0 Å². The number of carbonyl (C=O) groups excluding carboxylic acids is 3. The van der Waals surface area contributed by atoms with Crippen LogP contribution in [0.2, 0.25) is 5.02 Å². The van der Waals surface area contributed by atoms with Gasteiger partial charge in [0, 0.05) is 25.2 Å². The molecule has 2 rings (SSSR count). The number of carbonyl (C=O) groups is 3. The lowest BCUT2D eigenvalue weighted by atomic mass is 9.98. The van der Waals surface area contributed by atoms with E-state index in [1.165, 1.54) is 4.90 Å². The summed E-state index contributed by atoms with van der Waals surface area (Å²) in [5.41, 5.74) is 1.00. The Balaban J connectivity index is 2.15. The fourth-order valence-electron chi connectivity index (χ4n) is 3.35. The average Bonchev–Trinajstić information content (AvgIpc) is 2.74. The molecule has 3 N–H and O–H groups in total. The summed E-state index contributed by atoms with van der Waals surface area (Å²) in [5.74, 6) is -0.0218. The van der Waals surface area contributed by atoms with Crippen LogP contribution in [0, 0.1) is 5.92 Å². The van der Waals surface area contributed by atoms with Gasteiger partial charge in [0.15, 0.2) is 0 Å². The number of hydrogen-bond acceptors (Lipinski definition) is 5. The van der Waals surface area contributed by atoms with E-state index in [1.807, 2.05) is 26.0 Å². The molecule has 1 aliphatic rings. The summed E-state index contributed by atoms with van der Waals surface area (Å²) >= 11 is 6.14. The molecule has 1 heterocycles. The first kappa shape index (κ1) is 24.9. The molecule has 2 atom stereocenters. The van der Waals surface area contributed by atoms with Crippen LogP contribution < -0.4 is 20.7 Å². The minimum Gasteiger partial charge on any atom is -0.492 e. The molecule has 0 saturated heterocycles. The highest BCUT2D eigenvalue weighted by Crippen LogP contribution is 2.24. The molecule has 0 aromatic heterocycles. The summed E-state index contributed by atoms with van der Waals surface area (Å²) in [6.07, 6.45) is 2.25. The highest BCUT2D eigenvalue weighted by Gasteiger charge is 2.27. The molecule has 1 aromatic carbocycles. The minimum atomic E-state index is -0.438. The van der Waals surface area contributed by atoms with Crippen molar-refractivity contribution in [1.82, 2.24) is 20.9 Å². The molecular formula is C22H33ClN4O4. The first-order chi connectivity index (χ1) is 14.8. The number of nitrogens with one attached hydrogen (secondary N) is 3. The number of rotatable bonds is 2. The zero-order valence-electron chi connectivity index (χ0n) is 18.5. The molecule has 0 fully saturated rings. The summed E-state index contributed by atoms with van der Waals surface area (Å²) in [6, 6.07) is 5.09. The van der Waals surface area contributed by atoms with Crippen molar-refractivity contribution in [2.75, 3.05) is 39.8 Å². The Morgan fingerprint density at radius 1 is 1.19 bits per heavy atom. The van der Waals surface area contributed by atoms with Gasteiger partial charge < -0.3 is 25.6 Å². The monoisotopic (exact) mass is 452 g/mol. The molecule has 0 aliphatic carbocycles. The van der Waals surface area contributed by atoms with Crippen molar-refractivity contribution in [2.24, 2.45) is 5.92 Å². The molecule has 0 bridgehead atoms. The second-order valence-electron chi connectivity index (χ2n) is 7.84. The van der Waals surface area contributed by atoms with Gasteiger partial charge in [0.05, 0.1) is 19.1 Å². The van der Waals surface area contributed by atoms with Gasteiger partial charge in [-0.05, 0) is 36.5 Å². The summed E-state index contributed by atoms with van der Waals surface area (Å²) in [6.45, 7) is 5.11. The average molecular weight is 453 g/mol. The van der Waals surface area contributed by atoms with Gasteiger partial charge in [-0.2, -0.15) is 0 Å². The van der Waals surface area contributed by atoms with Gasteiger partial charge in [-0.15, -0.1) is 0 Å². The maximum Gasteiger partial charge on any atom is 0.240 e. The molecule has 0 radical (unpaired) electrons.